The third-order valence-electron chi connectivity index (χ3n) is 2.75. The van der Waals surface area contributed by atoms with Crippen LogP contribution >= 0.6 is 7.60 Å². The molecule has 0 aromatic heterocycles. The maximum atomic E-state index is 12.9. The predicted molar refractivity (Wildman–Crippen MR) is 76.8 cm³/mol. The summed E-state index contributed by atoms with van der Waals surface area (Å²) in [4.78, 5) is 12.0. The lowest BCUT2D eigenvalue weighted by atomic mass is 10.1. The number of rotatable bonds is 7. The zero-order valence-electron chi connectivity index (χ0n) is 12.3. The van der Waals surface area contributed by atoms with Crippen LogP contribution in [0.5, 0.6) is 0 Å². The van der Waals surface area contributed by atoms with Crippen molar-refractivity contribution in [3.05, 3.63) is 35.4 Å². The Bertz CT molecular complexity index is 473. The topological polar surface area (TPSA) is 61.8 Å². The zero-order valence-corrected chi connectivity index (χ0v) is 13.2. The summed E-state index contributed by atoms with van der Waals surface area (Å²) in [5.41, 5.74) is 0.542. The van der Waals surface area contributed by atoms with Crippen LogP contribution in [-0.2, 0) is 23.1 Å². The maximum Gasteiger partial charge on any atom is 0.349 e. The van der Waals surface area contributed by atoms with Crippen LogP contribution in [0.15, 0.2) is 24.3 Å². The highest BCUT2D eigenvalue weighted by atomic mass is 31.2. The van der Waals surface area contributed by atoms with Gasteiger partial charge in [0.15, 0.2) is 5.66 Å². The van der Waals surface area contributed by atoms with Gasteiger partial charge in [0.05, 0.1) is 20.3 Å². The molecule has 0 saturated heterocycles. The molecule has 20 heavy (non-hydrogen) atoms. The largest absolute Gasteiger partial charge is 0.468 e. The lowest BCUT2D eigenvalue weighted by Crippen LogP contribution is -2.17. The molecule has 0 saturated carbocycles. The van der Waals surface area contributed by atoms with E-state index in [4.69, 9.17) is 13.8 Å². The van der Waals surface area contributed by atoms with Crippen LogP contribution in [0.4, 0.5) is 0 Å². The summed E-state index contributed by atoms with van der Waals surface area (Å²) in [5, 5.41) is 0. The van der Waals surface area contributed by atoms with Crippen LogP contribution in [0.3, 0.4) is 0 Å². The molecule has 0 unspecified atom stereocenters. The third kappa shape index (κ3) is 3.92. The summed E-state index contributed by atoms with van der Waals surface area (Å²) < 4.78 is 28.2. The second-order valence-electron chi connectivity index (χ2n) is 4.21. The molecule has 5 nitrogen and oxygen atoms in total. The highest BCUT2D eigenvalue weighted by Crippen LogP contribution is 2.61. The lowest BCUT2D eigenvalue weighted by Gasteiger charge is -2.24. The Morgan fingerprint density at radius 1 is 1.15 bits per heavy atom. The predicted octanol–water partition coefficient (Wildman–Crippen LogP) is 3.48. The molecule has 0 aliphatic heterocycles. The summed E-state index contributed by atoms with van der Waals surface area (Å²) in [6.07, 6.45) is 0. The fraction of sp³-hybridized carbons (Fsp3) is 0.500. The van der Waals surface area contributed by atoms with E-state index in [1.54, 1.807) is 26.0 Å². The minimum Gasteiger partial charge on any atom is -0.468 e. The van der Waals surface area contributed by atoms with Crippen molar-refractivity contribution in [2.75, 3.05) is 20.3 Å². The smallest absolute Gasteiger partial charge is 0.349 e. The summed E-state index contributed by atoms with van der Waals surface area (Å²) >= 11 is 0. The van der Waals surface area contributed by atoms with E-state index < -0.39 is 19.2 Å². The van der Waals surface area contributed by atoms with E-state index >= 15 is 0 Å². The normalized spacial score (nSPS) is 13.0. The van der Waals surface area contributed by atoms with Gasteiger partial charge in [-0.3, -0.25) is 9.36 Å². The molecule has 1 rings (SSSR count). The number of carbonyl (C=O) groups excluding carboxylic acids is 1. The van der Waals surface area contributed by atoms with Crippen molar-refractivity contribution in [1.29, 1.82) is 0 Å². The Balaban J connectivity index is 3.26. The number of esters is 1. The van der Waals surface area contributed by atoms with Crippen molar-refractivity contribution < 1.29 is 23.1 Å². The second-order valence-corrected chi connectivity index (χ2v) is 6.32. The highest BCUT2D eigenvalue weighted by molar-refractivity contribution is 7.55. The van der Waals surface area contributed by atoms with E-state index in [-0.39, 0.29) is 13.2 Å². The Labute approximate surface area is 119 Å². The quantitative estimate of drug-likeness (QED) is 0.570. The molecule has 112 valence electrons. The SMILES string of the molecule is CCOP(=O)(OCC)[C@H](C(=O)OC)c1ccc(C)cc1. The van der Waals surface area contributed by atoms with E-state index in [0.29, 0.717) is 5.56 Å². The van der Waals surface area contributed by atoms with Crippen LogP contribution in [0.2, 0.25) is 0 Å². The molecule has 6 heteroatoms. The molecule has 0 bridgehead atoms. The molecule has 0 heterocycles. The van der Waals surface area contributed by atoms with E-state index in [1.807, 2.05) is 19.1 Å². The first-order valence-corrected chi connectivity index (χ1v) is 8.12. The van der Waals surface area contributed by atoms with Gasteiger partial charge in [-0.1, -0.05) is 29.8 Å². The molecule has 0 amide bonds. The minimum absolute atomic E-state index is 0.191. The molecule has 1 aromatic carbocycles. The van der Waals surface area contributed by atoms with Gasteiger partial charge in [-0.25, -0.2) is 0 Å². The number of hydrogen-bond acceptors (Lipinski definition) is 5. The van der Waals surface area contributed by atoms with Crippen molar-refractivity contribution in [2.24, 2.45) is 0 Å². The zero-order chi connectivity index (χ0) is 15.2. The van der Waals surface area contributed by atoms with Gasteiger partial charge in [-0.05, 0) is 26.3 Å². The Morgan fingerprint density at radius 2 is 1.65 bits per heavy atom. The monoisotopic (exact) mass is 300 g/mol. The van der Waals surface area contributed by atoms with E-state index in [9.17, 15) is 9.36 Å². The van der Waals surface area contributed by atoms with Gasteiger partial charge in [0, 0.05) is 0 Å². The standard InChI is InChI=1S/C14H21O5P/c1-5-18-20(16,19-6-2)13(14(15)17-4)12-9-7-11(3)8-10-12/h7-10,13H,5-6H2,1-4H3/t13-/m0/s1. The first kappa shape index (κ1) is 16.9. The number of methoxy groups -OCH3 is 1. The molecule has 0 fully saturated rings. The Hall–Kier alpha value is -1.16. The van der Waals surface area contributed by atoms with Crippen LogP contribution in [0.25, 0.3) is 0 Å². The van der Waals surface area contributed by atoms with Gasteiger partial charge in [0.2, 0.25) is 0 Å². The molecule has 1 aromatic rings. The van der Waals surface area contributed by atoms with Crippen molar-refractivity contribution >= 4 is 13.6 Å². The number of aryl methyl sites for hydroxylation is 1. The van der Waals surface area contributed by atoms with Crippen molar-refractivity contribution in [3.8, 4) is 0 Å². The molecule has 0 spiro atoms. The van der Waals surface area contributed by atoms with Crippen LogP contribution in [0, 0.1) is 6.92 Å². The summed E-state index contributed by atoms with van der Waals surface area (Å²) in [7, 11) is -2.36. The molecule has 0 aliphatic rings. The second kappa shape index (κ2) is 7.58. The number of ether oxygens (including phenoxy) is 1. The van der Waals surface area contributed by atoms with E-state index in [0.717, 1.165) is 5.56 Å². The van der Waals surface area contributed by atoms with Gasteiger partial charge in [0.1, 0.15) is 0 Å². The summed E-state index contributed by atoms with van der Waals surface area (Å²) in [5.74, 6) is -0.626. The minimum atomic E-state index is -3.61. The van der Waals surface area contributed by atoms with Crippen LogP contribution < -0.4 is 0 Å². The summed E-state index contributed by atoms with van der Waals surface area (Å²) in [6.45, 7) is 5.72. The van der Waals surface area contributed by atoms with E-state index in [1.165, 1.54) is 7.11 Å². The maximum absolute atomic E-state index is 12.9. The molecule has 0 N–H and O–H groups in total. The van der Waals surface area contributed by atoms with Crippen molar-refractivity contribution in [2.45, 2.75) is 26.4 Å². The average molecular weight is 300 g/mol. The fourth-order valence-corrected chi connectivity index (χ4v) is 3.85. The highest BCUT2D eigenvalue weighted by Gasteiger charge is 2.43. The van der Waals surface area contributed by atoms with Gasteiger partial charge < -0.3 is 13.8 Å². The Kier molecular flexibility index (Phi) is 6.40. The number of carbonyl (C=O) groups is 1. The Morgan fingerprint density at radius 3 is 2.05 bits per heavy atom. The van der Waals surface area contributed by atoms with Crippen molar-refractivity contribution in [3.63, 3.8) is 0 Å². The molecule has 1 atom stereocenters. The van der Waals surface area contributed by atoms with Crippen LogP contribution in [0.1, 0.15) is 30.6 Å². The molecular formula is C14H21O5P. The van der Waals surface area contributed by atoms with Gasteiger partial charge >= 0.3 is 13.6 Å². The van der Waals surface area contributed by atoms with Gasteiger partial charge in [0.25, 0.3) is 0 Å². The van der Waals surface area contributed by atoms with Gasteiger partial charge in [-0.2, -0.15) is 0 Å². The van der Waals surface area contributed by atoms with Crippen molar-refractivity contribution in [1.82, 2.24) is 0 Å². The average Bonchev–Trinajstić information content (AvgIpc) is 2.41. The van der Waals surface area contributed by atoms with E-state index in [2.05, 4.69) is 0 Å². The first-order valence-electron chi connectivity index (χ1n) is 6.51. The van der Waals surface area contributed by atoms with Gasteiger partial charge in [-0.15, -0.1) is 0 Å². The van der Waals surface area contributed by atoms with Crippen LogP contribution in [-0.4, -0.2) is 26.3 Å². The molecular weight excluding hydrogens is 279 g/mol. The molecule has 0 aliphatic carbocycles. The third-order valence-corrected chi connectivity index (χ3v) is 5.13. The number of hydrogen-bond donors (Lipinski definition) is 0. The lowest BCUT2D eigenvalue weighted by molar-refractivity contribution is -0.140. The number of benzene rings is 1. The molecule has 0 radical (unpaired) electrons. The first-order chi connectivity index (χ1) is 9.48. The fourth-order valence-electron chi connectivity index (χ4n) is 1.85. The summed E-state index contributed by atoms with van der Waals surface area (Å²) in [6, 6.07) is 7.16.